The third kappa shape index (κ3) is 3.52. The maximum atomic E-state index is 13.0. The Morgan fingerprint density at radius 3 is 2.69 bits per heavy atom. The van der Waals surface area contributed by atoms with Crippen LogP contribution in [-0.4, -0.2) is 45.6 Å². The van der Waals surface area contributed by atoms with Crippen molar-refractivity contribution in [1.82, 2.24) is 20.0 Å². The molecule has 2 aromatic rings. The third-order valence-electron chi connectivity index (χ3n) is 4.89. The van der Waals surface area contributed by atoms with E-state index in [1.165, 1.54) is 6.92 Å². The zero-order chi connectivity index (χ0) is 18.8. The van der Waals surface area contributed by atoms with Gasteiger partial charge in [-0.1, -0.05) is 6.92 Å². The van der Waals surface area contributed by atoms with Gasteiger partial charge in [0.15, 0.2) is 0 Å². The number of aryl methyl sites for hydroxylation is 2. The number of hydrogen-bond acceptors (Lipinski definition) is 4. The van der Waals surface area contributed by atoms with Gasteiger partial charge in [0, 0.05) is 32.3 Å². The molecule has 1 aliphatic heterocycles. The molecule has 2 atom stereocenters. The molecule has 0 saturated carbocycles. The Bertz CT molecular complexity index is 808. The van der Waals surface area contributed by atoms with E-state index in [1.807, 2.05) is 30.7 Å². The van der Waals surface area contributed by atoms with Gasteiger partial charge in [0.05, 0.1) is 23.7 Å². The normalized spacial score (nSPS) is 19.8. The molecule has 7 heteroatoms. The lowest BCUT2D eigenvalue weighted by Gasteiger charge is -2.17. The standard InChI is InChI=1S/C19H26N4O3/c1-5-8-23-13(3)15(9-20-23)19(25)22-10-16(17(11-22)21-14(4)24)18-7-6-12(2)26-18/h6-7,9,16-17H,5,8,10-11H2,1-4H3,(H,21,24). The molecular weight excluding hydrogens is 332 g/mol. The van der Waals surface area contributed by atoms with Gasteiger partial charge in [0.1, 0.15) is 11.5 Å². The molecule has 3 heterocycles. The van der Waals surface area contributed by atoms with Crippen molar-refractivity contribution in [2.45, 2.75) is 52.6 Å². The molecule has 0 radical (unpaired) electrons. The molecule has 140 valence electrons. The lowest BCUT2D eigenvalue weighted by Crippen LogP contribution is -2.39. The van der Waals surface area contributed by atoms with Crippen molar-refractivity contribution in [3.05, 3.63) is 41.1 Å². The first-order valence-electron chi connectivity index (χ1n) is 9.05. The summed E-state index contributed by atoms with van der Waals surface area (Å²) in [6.07, 6.45) is 2.61. The number of nitrogens with zero attached hydrogens (tertiary/aromatic N) is 3. The number of furan rings is 1. The molecule has 0 spiro atoms. The van der Waals surface area contributed by atoms with Crippen molar-refractivity contribution in [1.29, 1.82) is 0 Å². The summed E-state index contributed by atoms with van der Waals surface area (Å²) >= 11 is 0. The molecule has 26 heavy (non-hydrogen) atoms. The number of carbonyl (C=O) groups is 2. The van der Waals surface area contributed by atoms with Crippen LogP contribution < -0.4 is 5.32 Å². The molecule has 7 nitrogen and oxygen atoms in total. The molecule has 1 fully saturated rings. The Labute approximate surface area is 153 Å². The van der Waals surface area contributed by atoms with E-state index in [9.17, 15) is 9.59 Å². The zero-order valence-corrected chi connectivity index (χ0v) is 15.8. The Balaban J connectivity index is 1.82. The summed E-state index contributed by atoms with van der Waals surface area (Å²) in [6, 6.07) is 3.67. The van der Waals surface area contributed by atoms with Crippen LogP contribution in [0.1, 0.15) is 53.8 Å². The van der Waals surface area contributed by atoms with E-state index in [4.69, 9.17) is 4.42 Å². The molecule has 2 unspecified atom stereocenters. The van der Waals surface area contributed by atoms with Crippen LogP contribution >= 0.6 is 0 Å². The third-order valence-corrected chi connectivity index (χ3v) is 4.89. The first-order valence-corrected chi connectivity index (χ1v) is 9.05. The number of rotatable bonds is 5. The first kappa shape index (κ1) is 18.2. The van der Waals surface area contributed by atoms with Crippen LogP contribution in [-0.2, 0) is 11.3 Å². The number of nitrogens with one attached hydrogen (secondary N) is 1. The molecule has 2 amide bonds. The quantitative estimate of drug-likeness (QED) is 0.889. The van der Waals surface area contributed by atoms with Crippen LogP contribution in [0.4, 0.5) is 0 Å². The van der Waals surface area contributed by atoms with Crippen LogP contribution in [0.25, 0.3) is 0 Å². The maximum absolute atomic E-state index is 13.0. The second kappa shape index (κ2) is 7.35. The minimum absolute atomic E-state index is 0.0500. The lowest BCUT2D eigenvalue weighted by molar-refractivity contribution is -0.119. The Morgan fingerprint density at radius 1 is 1.31 bits per heavy atom. The second-order valence-electron chi connectivity index (χ2n) is 6.94. The van der Waals surface area contributed by atoms with Gasteiger partial charge in [0.25, 0.3) is 5.91 Å². The first-order chi connectivity index (χ1) is 12.4. The van der Waals surface area contributed by atoms with E-state index >= 15 is 0 Å². The van der Waals surface area contributed by atoms with Crippen molar-refractivity contribution in [3.63, 3.8) is 0 Å². The molecule has 1 N–H and O–H groups in total. The van der Waals surface area contributed by atoms with Gasteiger partial charge in [-0.05, 0) is 32.4 Å². The van der Waals surface area contributed by atoms with Gasteiger partial charge in [-0.3, -0.25) is 14.3 Å². The number of carbonyl (C=O) groups excluding carboxylic acids is 2. The van der Waals surface area contributed by atoms with Crippen LogP contribution in [0.5, 0.6) is 0 Å². The Kier molecular flexibility index (Phi) is 5.15. The summed E-state index contributed by atoms with van der Waals surface area (Å²) in [6.45, 7) is 9.15. The molecule has 2 aromatic heterocycles. The van der Waals surface area contributed by atoms with Gasteiger partial charge in [-0.2, -0.15) is 5.10 Å². The molecule has 0 aliphatic carbocycles. The van der Waals surface area contributed by atoms with Crippen LogP contribution in [0.2, 0.25) is 0 Å². The second-order valence-corrected chi connectivity index (χ2v) is 6.94. The van der Waals surface area contributed by atoms with E-state index in [1.54, 1.807) is 11.1 Å². The smallest absolute Gasteiger partial charge is 0.257 e. The molecular formula is C19H26N4O3. The van der Waals surface area contributed by atoms with Crippen molar-refractivity contribution >= 4 is 11.8 Å². The largest absolute Gasteiger partial charge is 0.466 e. The highest BCUT2D eigenvalue weighted by molar-refractivity contribution is 5.95. The molecule has 1 saturated heterocycles. The Hall–Kier alpha value is -2.57. The SMILES string of the molecule is CCCn1ncc(C(=O)N2CC(NC(C)=O)C(c3ccc(C)o3)C2)c1C. The Morgan fingerprint density at radius 2 is 2.08 bits per heavy atom. The fraction of sp³-hybridized carbons (Fsp3) is 0.526. The summed E-state index contributed by atoms with van der Waals surface area (Å²) in [5.41, 5.74) is 1.50. The van der Waals surface area contributed by atoms with Crippen LogP contribution in [0.3, 0.4) is 0 Å². The minimum atomic E-state index is -0.159. The predicted molar refractivity (Wildman–Crippen MR) is 96.9 cm³/mol. The number of aromatic nitrogens is 2. The summed E-state index contributed by atoms with van der Waals surface area (Å²) in [5, 5.41) is 7.29. The van der Waals surface area contributed by atoms with Crippen LogP contribution in [0, 0.1) is 13.8 Å². The van der Waals surface area contributed by atoms with Crippen molar-refractivity contribution < 1.29 is 14.0 Å². The van der Waals surface area contributed by atoms with E-state index in [-0.39, 0.29) is 23.8 Å². The fourth-order valence-electron chi connectivity index (χ4n) is 3.58. The van der Waals surface area contributed by atoms with Gasteiger partial charge in [-0.15, -0.1) is 0 Å². The molecule has 3 rings (SSSR count). The molecule has 1 aliphatic rings. The van der Waals surface area contributed by atoms with E-state index < -0.39 is 0 Å². The molecule has 0 bridgehead atoms. The van der Waals surface area contributed by atoms with Crippen molar-refractivity contribution in [3.8, 4) is 0 Å². The fourth-order valence-corrected chi connectivity index (χ4v) is 3.58. The van der Waals surface area contributed by atoms with Gasteiger partial charge in [0.2, 0.25) is 5.91 Å². The lowest BCUT2D eigenvalue weighted by atomic mass is 10.0. The summed E-state index contributed by atoms with van der Waals surface area (Å²) < 4.78 is 7.63. The molecule has 0 aromatic carbocycles. The topological polar surface area (TPSA) is 80.4 Å². The summed E-state index contributed by atoms with van der Waals surface area (Å²) in [4.78, 5) is 26.4. The van der Waals surface area contributed by atoms with Crippen LogP contribution in [0.15, 0.2) is 22.7 Å². The van der Waals surface area contributed by atoms with E-state index in [2.05, 4.69) is 17.3 Å². The van der Waals surface area contributed by atoms with E-state index in [0.717, 1.165) is 30.2 Å². The van der Waals surface area contributed by atoms with Gasteiger partial charge in [-0.25, -0.2) is 0 Å². The maximum Gasteiger partial charge on any atom is 0.257 e. The highest BCUT2D eigenvalue weighted by Crippen LogP contribution is 2.30. The van der Waals surface area contributed by atoms with Gasteiger partial charge >= 0.3 is 0 Å². The number of likely N-dealkylation sites (tertiary alicyclic amines) is 1. The summed E-state index contributed by atoms with van der Waals surface area (Å²) in [5.74, 6) is 1.41. The van der Waals surface area contributed by atoms with Crippen molar-refractivity contribution in [2.24, 2.45) is 0 Å². The highest BCUT2D eigenvalue weighted by Gasteiger charge is 2.39. The zero-order valence-electron chi connectivity index (χ0n) is 15.8. The number of hydrogen-bond donors (Lipinski definition) is 1. The number of amides is 2. The van der Waals surface area contributed by atoms with Crippen molar-refractivity contribution in [2.75, 3.05) is 13.1 Å². The van der Waals surface area contributed by atoms with E-state index in [0.29, 0.717) is 18.7 Å². The highest BCUT2D eigenvalue weighted by atomic mass is 16.3. The van der Waals surface area contributed by atoms with Gasteiger partial charge < -0.3 is 14.6 Å². The average Bonchev–Trinajstić information content (AvgIpc) is 3.27. The summed E-state index contributed by atoms with van der Waals surface area (Å²) in [7, 11) is 0. The minimum Gasteiger partial charge on any atom is -0.466 e. The monoisotopic (exact) mass is 358 g/mol. The predicted octanol–water partition coefficient (Wildman–Crippen LogP) is 2.25. The average molecular weight is 358 g/mol.